The molecule has 22 heavy (non-hydrogen) atoms. The van der Waals surface area contributed by atoms with Crippen molar-refractivity contribution in [3.63, 3.8) is 0 Å². The molecule has 0 aliphatic heterocycles. The predicted octanol–water partition coefficient (Wildman–Crippen LogP) is 1.70. The van der Waals surface area contributed by atoms with Crippen molar-refractivity contribution in [3.8, 4) is 0 Å². The molecule has 120 valence electrons. The summed E-state index contributed by atoms with van der Waals surface area (Å²) >= 11 is 5.96. The van der Waals surface area contributed by atoms with Crippen LogP contribution < -0.4 is 16.4 Å². The second kappa shape index (κ2) is 8.15. The van der Waals surface area contributed by atoms with Gasteiger partial charge < -0.3 is 16.4 Å². The minimum atomic E-state index is -0.237. The monoisotopic (exact) mass is 323 g/mol. The highest BCUT2D eigenvalue weighted by Crippen LogP contribution is 2.22. The fourth-order valence-corrected chi connectivity index (χ4v) is 2.93. The highest BCUT2D eigenvalue weighted by molar-refractivity contribution is 6.33. The van der Waals surface area contributed by atoms with Crippen LogP contribution in [-0.2, 0) is 4.79 Å². The minimum absolute atomic E-state index is 0.00280. The van der Waals surface area contributed by atoms with Crippen LogP contribution in [0.25, 0.3) is 0 Å². The number of benzene rings is 1. The number of nitrogens with one attached hydrogen (secondary N) is 2. The summed E-state index contributed by atoms with van der Waals surface area (Å²) in [5.74, 6) is -0.204. The van der Waals surface area contributed by atoms with Gasteiger partial charge in [0.1, 0.15) is 0 Å². The lowest BCUT2D eigenvalue weighted by molar-refractivity contribution is -0.126. The molecule has 0 saturated heterocycles. The Morgan fingerprint density at radius 2 is 1.91 bits per heavy atom. The standard InChI is InChI=1S/C16H22ClN3O2/c17-14-7-2-1-6-13(14)16(22)20-9-8-19-15(21)11-4-3-5-12(18)10-11/h1-2,6-7,11-12H,3-5,8-10,18H2,(H,19,21)(H,20,22). The average Bonchev–Trinajstić information content (AvgIpc) is 2.51. The van der Waals surface area contributed by atoms with Crippen molar-refractivity contribution in [2.75, 3.05) is 13.1 Å². The second-order valence-corrected chi connectivity index (χ2v) is 6.06. The Kier molecular flexibility index (Phi) is 6.21. The number of hydrogen-bond acceptors (Lipinski definition) is 3. The Morgan fingerprint density at radius 3 is 2.64 bits per heavy atom. The summed E-state index contributed by atoms with van der Waals surface area (Å²) in [7, 11) is 0. The van der Waals surface area contributed by atoms with Crippen LogP contribution in [0.5, 0.6) is 0 Å². The summed E-state index contributed by atoms with van der Waals surface area (Å²) in [5.41, 5.74) is 6.33. The van der Waals surface area contributed by atoms with Crippen molar-refractivity contribution >= 4 is 23.4 Å². The van der Waals surface area contributed by atoms with Crippen molar-refractivity contribution in [2.45, 2.75) is 31.7 Å². The number of halogens is 1. The first-order valence-corrected chi connectivity index (χ1v) is 8.01. The first-order chi connectivity index (χ1) is 10.6. The van der Waals surface area contributed by atoms with Gasteiger partial charge in [0.05, 0.1) is 10.6 Å². The van der Waals surface area contributed by atoms with Gasteiger partial charge in [-0.25, -0.2) is 0 Å². The van der Waals surface area contributed by atoms with E-state index in [1.54, 1.807) is 24.3 Å². The third-order valence-electron chi connectivity index (χ3n) is 3.91. The molecule has 1 aromatic rings. The molecule has 0 heterocycles. The van der Waals surface area contributed by atoms with E-state index in [4.69, 9.17) is 17.3 Å². The number of carbonyl (C=O) groups is 2. The van der Waals surface area contributed by atoms with E-state index in [-0.39, 0.29) is 23.8 Å². The highest BCUT2D eigenvalue weighted by Gasteiger charge is 2.24. The van der Waals surface area contributed by atoms with Crippen LogP contribution >= 0.6 is 11.6 Å². The third-order valence-corrected chi connectivity index (χ3v) is 4.24. The van der Waals surface area contributed by atoms with E-state index in [1.165, 1.54) is 0 Å². The molecule has 1 aliphatic rings. The summed E-state index contributed by atoms with van der Waals surface area (Å²) < 4.78 is 0. The summed E-state index contributed by atoms with van der Waals surface area (Å²) in [4.78, 5) is 23.9. The van der Waals surface area contributed by atoms with Crippen LogP contribution in [0.3, 0.4) is 0 Å². The number of hydrogen-bond donors (Lipinski definition) is 3. The molecule has 0 radical (unpaired) electrons. The molecule has 1 fully saturated rings. The van der Waals surface area contributed by atoms with Gasteiger partial charge in [0, 0.05) is 25.0 Å². The molecule has 2 unspecified atom stereocenters. The number of amides is 2. The van der Waals surface area contributed by atoms with E-state index in [0.29, 0.717) is 23.7 Å². The SMILES string of the molecule is NC1CCCC(C(=O)NCCNC(=O)c2ccccc2Cl)C1. The molecule has 6 heteroatoms. The Hall–Kier alpha value is -1.59. The topological polar surface area (TPSA) is 84.2 Å². The van der Waals surface area contributed by atoms with E-state index >= 15 is 0 Å². The van der Waals surface area contributed by atoms with E-state index in [1.807, 2.05) is 0 Å². The maximum Gasteiger partial charge on any atom is 0.252 e. The molecule has 1 aromatic carbocycles. The van der Waals surface area contributed by atoms with Crippen LogP contribution in [-0.4, -0.2) is 30.9 Å². The Bertz CT molecular complexity index is 536. The second-order valence-electron chi connectivity index (χ2n) is 5.65. The maximum absolute atomic E-state index is 12.0. The molecule has 5 nitrogen and oxygen atoms in total. The fourth-order valence-electron chi connectivity index (χ4n) is 2.71. The van der Waals surface area contributed by atoms with Gasteiger partial charge in [0.15, 0.2) is 0 Å². The molecule has 0 aromatic heterocycles. The van der Waals surface area contributed by atoms with Crippen LogP contribution in [0.15, 0.2) is 24.3 Å². The Balaban J connectivity index is 1.69. The molecule has 2 rings (SSSR count). The first kappa shape index (κ1) is 16.8. The van der Waals surface area contributed by atoms with Gasteiger partial charge in [-0.15, -0.1) is 0 Å². The van der Waals surface area contributed by atoms with Crippen molar-refractivity contribution in [3.05, 3.63) is 34.9 Å². The van der Waals surface area contributed by atoms with Crippen molar-refractivity contribution in [1.29, 1.82) is 0 Å². The van der Waals surface area contributed by atoms with Crippen LogP contribution in [0.2, 0.25) is 5.02 Å². The van der Waals surface area contributed by atoms with Gasteiger partial charge in [-0.1, -0.05) is 30.2 Å². The lowest BCUT2D eigenvalue weighted by Gasteiger charge is -2.25. The van der Waals surface area contributed by atoms with Crippen LogP contribution in [0.4, 0.5) is 0 Å². The largest absolute Gasteiger partial charge is 0.354 e. The fraction of sp³-hybridized carbons (Fsp3) is 0.500. The van der Waals surface area contributed by atoms with Crippen molar-refractivity contribution in [1.82, 2.24) is 10.6 Å². The molecular weight excluding hydrogens is 302 g/mol. The zero-order valence-corrected chi connectivity index (χ0v) is 13.2. The number of rotatable bonds is 5. The van der Waals surface area contributed by atoms with Gasteiger partial charge in [0.2, 0.25) is 5.91 Å². The van der Waals surface area contributed by atoms with E-state index in [2.05, 4.69) is 10.6 Å². The minimum Gasteiger partial charge on any atom is -0.354 e. The maximum atomic E-state index is 12.0. The molecule has 1 saturated carbocycles. The molecule has 4 N–H and O–H groups in total. The van der Waals surface area contributed by atoms with Gasteiger partial charge in [-0.2, -0.15) is 0 Å². The van der Waals surface area contributed by atoms with Gasteiger partial charge in [-0.05, 0) is 31.4 Å². The van der Waals surface area contributed by atoms with Gasteiger partial charge in [0.25, 0.3) is 5.91 Å². The lowest BCUT2D eigenvalue weighted by atomic mass is 9.85. The molecule has 2 amide bonds. The summed E-state index contributed by atoms with van der Waals surface area (Å²) in [6.45, 7) is 0.773. The van der Waals surface area contributed by atoms with Crippen LogP contribution in [0, 0.1) is 5.92 Å². The number of carbonyl (C=O) groups excluding carboxylic acids is 2. The van der Waals surface area contributed by atoms with E-state index in [0.717, 1.165) is 25.7 Å². The predicted molar refractivity (Wildman–Crippen MR) is 86.7 cm³/mol. The third kappa shape index (κ3) is 4.71. The zero-order chi connectivity index (χ0) is 15.9. The molecular formula is C16H22ClN3O2. The smallest absolute Gasteiger partial charge is 0.252 e. The quantitative estimate of drug-likeness (QED) is 0.721. The molecule has 0 spiro atoms. The molecule has 0 bridgehead atoms. The Morgan fingerprint density at radius 1 is 1.18 bits per heavy atom. The van der Waals surface area contributed by atoms with E-state index < -0.39 is 0 Å². The van der Waals surface area contributed by atoms with Crippen LogP contribution in [0.1, 0.15) is 36.0 Å². The Labute approximate surface area is 135 Å². The van der Waals surface area contributed by atoms with E-state index in [9.17, 15) is 9.59 Å². The first-order valence-electron chi connectivity index (χ1n) is 7.64. The van der Waals surface area contributed by atoms with Crippen molar-refractivity contribution in [2.24, 2.45) is 11.7 Å². The molecule has 1 aliphatic carbocycles. The van der Waals surface area contributed by atoms with Crippen molar-refractivity contribution < 1.29 is 9.59 Å². The summed E-state index contributed by atoms with van der Waals surface area (Å²) in [6, 6.07) is 7.00. The number of nitrogens with two attached hydrogens (primary N) is 1. The highest BCUT2D eigenvalue weighted by atomic mass is 35.5. The summed E-state index contributed by atoms with van der Waals surface area (Å²) in [5, 5.41) is 6.01. The zero-order valence-electron chi connectivity index (χ0n) is 12.5. The normalized spacial score (nSPS) is 21.2. The summed E-state index contributed by atoms with van der Waals surface area (Å²) in [6.07, 6.45) is 3.64. The lowest BCUT2D eigenvalue weighted by Crippen LogP contribution is -2.40. The molecule has 2 atom stereocenters. The van der Waals surface area contributed by atoms with Gasteiger partial charge in [-0.3, -0.25) is 9.59 Å². The van der Waals surface area contributed by atoms with Gasteiger partial charge >= 0.3 is 0 Å². The average molecular weight is 324 g/mol.